The van der Waals surface area contributed by atoms with Crippen LogP contribution in [0.5, 0.6) is 0 Å². The number of halogens is 3. The van der Waals surface area contributed by atoms with Gasteiger partial charge in [0.1, 0.15) is 5.82 Å². The van der Waals surface area contributed by atoms with E-state index in [9.17, 15) is 4.39 Å². The van der Waals surface area contributed by atoms with Crippen molar-refractivity contribution in [1.82, 2.24) is 0 Å². The summed E-state index contributed by atoms with van der Waals surface area (Å²) in [5.74, 6) is -0.156. The lowest BCUT2D eigenvalue weighted by molar-refractivity contribution is 0.618. The van der Waals surface area contributed by atoms with Gasteiger partial charge in [0, 0.05) is 3.57 Å². The van der Waals surface area contributed by atoms with E-state index in [0.717, 1.165) is 5.56 Å². The summed E-state index contributed by atoms with van der Waals surface area (Å²) in [4.78, 5) is 0.110. The van der Waals surface area contributed by atoms with Crippen molar-refractivity contribution < 1.29 is 4.39 Å². The Morgan fingerprint density at radius 2 is 1.65 bits per heavy atom. The van der Waals surface area contributed by atoms with Gasteiger partial charge in [-0.15, -0.1) is 0 Å². The molecule has 0 spiro atoms. The number of aryl methyl sites for hydroxylation is 1. The molecule has 0 saturated heterocycles. The van der Waals surface area contributed by atoms with Crippen LogP contribution < -0.4 is 0 Å². The van der Waals surface area contributed by atoms with Gasteiger partial charge >= 0.3 is 0 Å². The third-order valence-electron chi connectivity index (χ3n) is 2.64. The fraction of sp³-hybridized carbons (Fsp3) is 0.143. The predicted octanol–water partition coefficient (Wildman–Crippen LogP) is 5.22. The van der Waals surface area contributed by atoms with Crippen LogP contribution >= 0.6 is 38.5 Å². The molecule has 2 rings (SSSR count). The van der Waals surface area contributed by atoms with Crippen molar-refractivity contribution in [2.75, 3.05) is 0 Å². The van der Waals surface area contributed by atoms with E-state index in [2.05, 4.69) is 62.8 Å². The third kappa shape index (κ3) is 3.07. The SMILES string of the molecule is Cc1cc(C(Br)c2ccc(I)cc2)ccc1F. The smallest absolute Gasteiger partial charge is 0.126 e. The number of alkyl halides is 1. The lowest BCUT2D eigenvalue weighted by Gasteiger charge is -2.12. The Balaban J connectivity index is 2.33. The Bertz CT molecular complexity index is 522. The van der Waals surface area contributed by atoms with Crippen molar-refractivity contribution in [3.63, 3.8) is 0 Å². The van der Waals surface area contributed by atoms with E-state index in [1.165, 1.54) is 15.2 Å². The molecule has 0 aromatic heterocycles. The Labute approximate surface area is 123 Å². The average Bonchev–Trinajstić information content (AvgIpc) is 2.33. The summed E-state index contributed by atoms with van der Waals surface area (Å²) in [6.07, 6.45) is 0. The van der Waals surface area contributed by atoms with Crippen LogP contribution in [0.25, 0.3) is 0 Å². The van der Waals surface area contributed by atoms with Gasteiger partial charge in [-0.1, -0.05) is 40.2 Å². The topological polar surface area (TPSA) is 0 Å². The number of rotatable bonds is 2. The molecule has 0 amide bonds. The van der Waals surface area contributed by atoms with Crippen LogP contribution in [-0.2, 0) is 0 Å². The van der Waals surface area contributed by atoms with Gasteiger partial charge in [0.2, 0.25) is 0 Å². The van der Waals surface area contributed by atoms with Crippen molar-refractivity contribution in [3.8, 4) is 0 Å². The minimum atomic E-state index is -0.156. The van der Waals surface area contributed by atoms with Gasteiger partial charge < -0.3 is 0 Å². The highest BCUT2D eigenvalue weighted by Crippen LogP contribution is 2.31. The first-order valence-electron chi connectivity index (χ1n) is 5.23. The van der Waals surface area contributed by atoms with Crippen LogP contribution in [0.4, 0.5) is 4.39 Å². The van der Waals surface area contributed by atoms with Gasteiger partial charge in [-0.2, -0.15) is 0 Å². The molecule has 0 aliphatic carbocycles. The van der Waals surface area contributed by atoms with Crippen LogP contribution in [0, 0.1) is 16.3 Å². The van der Waals surface area contributed by atoms with Crippen molar-refractivity contribution in [2.45, 2.75) is 11.8 Å². The maximum atomic E-state index is 13.2. The monoisotopic (exact) mass is 404 g/mol. The van der Waals surface area contributed by atoms with E-state index in [1.54, 1.807) is 6.92 Å². The summed E-state index contributed by atoms with van der Waals surface area (Å²) in [6, 6.07) is 13.5. The molecule has 0 N–H and O–H groups in total. The molecule has 17 heavy (non-hydrogen) atoms. The zero-order valence-electron chi connectivity index (χ0n) is 9.25. The van der Waals surface area contributed by atoms with E-state index in [4.69, 9.17) is 0 Å². The summed E-state index contributed by atoms with van der Waals surface area (Å²) in [6.45, 7) is 1.78. The Morgan fingerprint density at radius 1 is 1.06 bits per heavy atom. The van der Waals surface area contributed by atoms with Crippen LogP contribution in [0.1, 0.15) is 21.5 Å². The second kappa shape index (κ2) is 5.48. The highest BCUT2D eigenvalue weighted by molar-refractivity contribution is 14.1. The molecule has 1 atom stereocenters. The predicted molar refractivity (Wildman–Crippen MR) is 81.1 cm³/mol. The maximum absolute atomic E-state index is 13.2. The fourth-order valence-corrected chi connectivity index (χ4v) is 2.60. The second-order valence-corrected chi connectivity index (χ2v) is 6.08. The normalized spacial score (nSPS) is 12.5. The van der Waals surface area contributed by atoms with E-state index in [-0.39, 0.29) is 10.6 Å². The number of hydrogen-bond acceptors (Lipinski definition) is 0. The summed E-state index contributed by atoms with van der Waals surface area (Å²) in [7, 11) is 0. The first-order chi connectivity index (χ1) is 8.08. The summed E-state index contributed by atoms with van der Waals surface area (Å²) >= 11 is 5.93. The molecular formula is C14H11BrFI. The minimum Gasteiger partial charge on any atom is -0.207 e. The number of hydrogen-bond donors (Lipinski definition) is 0. The van der Waals surface area contributed by atoms with Gasteiger partial charge in [-0.25, -0.2) is 4.39 Å². The van der Waals surface area contributed by atoms with E-state index < -0.39 is 0 Å². The molecule has 88 valence electrons. The first-order valence-corrected chi connectivity index (χ1v) is 7.23. The molecule has 0 nitrogen and oxygen atoms in total. The lowest BCUT2D eigenvalue weighted by Crippen LogP contribution is -1.94. The van der Waals surface area contributed by atoms with Gasteiger partial charge in [-0.05, 0) is 64.4 Å². The third-order valence-corrected chi connectivity index (χ3v) is 4.41. The van der Waals surface area contributed by atoms with Gasteiger partial charge in [0.15, 0.2) is 0 Å². The molecule has 3 heteroatoms. The van der Waals surface area contributed by atoms with Gasteiger partial charge in [0.25, 0.3) is 0 Å². The van der Waals surface area contributed by atoms with Crippen molar-refractivity contribution in [3.05, 3.63) is 68.5 Å². The summed E-state index contributed by atoms with van der Waals surface area (Å²) in [5.41, 5.74) is 2.93. The van der Waals surface area contributed by atoms with Gasteiger partial charge in [-0.3, -0.25) is 0 Å². The van der Waals surface area contributed by atoms with Crippen molar-refractivity contribution in [1.29, 1.82) is 0 Å². The number of benzene rings is 2. The molecule has 2 aromatic carbocycles. The standard InChI is InChI=1S/C14H11BrFI/c1-9-8-11(4-7-13(9)16)14(15)10-2-5-12(17)6-3-10/h2-8,14H,1H3. The highest BCUT2D eigenvalue weighted by Gasteiger charge is 2.11. The van der Waals surface area contributed by atoms with Crippen LogP contribution in [0.2, 0.25) is 0 Å². The van der Waals surface area contributed by atoms with E-state index in [1.807, 2.05) is 12.1 Å². The van der Waals surface area contributed by atoms with Crippen molar-refractivity contribution >= 4 is 38.5 Å². The molecule has 2 aromatic rings. The Morgan fingerprint density at radius 3 is 2.24 bits per heavy atom. The lowest BCUT2D eigenvalue weighted by atomic mass is 10.0. The zero-order chi connectivity index (χ0) is 12.4. The van der Waals surface area contributed by atoms with Crippen LogP contribution in [0.3, 0.4) is 0 Å². The Kier molecular flexibility index (Phi) is 4.20. The van der Waals surface area contributed by atoms with Gasteiger partial charge in [0.05, 0.1) is 4.83 Å². The molecule has 0 radical (unpaired) electrons. The van der Waals surface area contributed by atoms with Crippen molar-refractivity contribution in [2.24, 2.45) is 0 Å². The maximum Gasteiger partial charge on any atom is 0.126 e. The molecule has 0 heterocycles. The average molecular weight is 405 g/mol. The fourth-order valence-electron chi connectivity index (χ4n) is 1.65. The highest BCUT2D eigenvalue weighted by atomic mass is 127. The van der Waals surface area contributed by atoms with Crippen LogP contribution in [-0.4, -0.2) is 0 Å². The molecule has 1 unspecified atom stereocenters. The largest absolute Gasteiger partial charge is 0.207 e. The summed E-state index contributed by atoms with van der Waals surface area (Å²) < 4.78 is 14.4. The molecule has 0 aliphatic rings. The Hall–Kier alpha value is -0.420. The first kappa shape index (κ1) is 13.0. The molecule has 0 aliphatic heterocycles. The molecule has 0 saturated carbocycles. The quantitative estimate of drug-likeness (QED) is 0.475. The minimum absolute atomic E-state index is 0.110. The summed E-state index contributed by atoms with van der Waals surface area (Å²) in [5, 5.41) is 0. The van der Waals surface area contributed by atoms with E-state index >= 15 is 0 Å². The molecule has 0 bridgehead atoms. The zero-order valence-corrected chi connectivity index (χ0v) is 13.0. The second-order valence-electron chi connectivity index (χ2n) is 3.92. The molecule has 0 fully saturated rings. The van der Waals surface area contributed by atoms with E-state index in [0.29, 0.717) is 5.56 Å². The van der Waals surface area contributed by atoms with Crippen LogP contribution in [0.15, 0.2) is 42.5 Å². The molecular weight excluding hydrogens is 394 g/mol.